The lowest BCUT2D eigenvalue weighted by molar-refractivity contribution is 0.532. The predicted octanol–water partition coefficient (Wildman–Crippen LogP) is 3.35. The normalized spacial score (nSPS) is 15.4. The van der Waals surface area contributed by atoms with Gasteiger partial charge in [-0.3, -0.25) is 4.98 Å². The van der Waals surface area contributed by atoms with Crippen molar-refractivity contribution in [1.82, 2.24) is 9.71 Å². The highest BCUT2D eigenvalue weighted by atomic mass is 32.2. The van der Waals surface area contributed by atoms with Crippen LogP contribution in [-0.4, -0.2) is 14.3 Å². The molecule has 0 fully saturated rings. The van der Waals surface area contributed by atoms with E-state index in [1.54, 1.807) is 6.20 Å². The molecule has 1 N–H and O–H groups in total. The molecule has 102 valence electrons. The summed E-state index contributed by atoms with van der Waals surface area (Å²) in [5.41, 5.74) is 1.15. The van der Waals surface area contributed by atoms with E-state index >= 15 is 0 Å². The van der Waals surface area contributed by atoms with E-state index in [-0.39, 0.29) is 10.8 Å². The molecule has 0 aliphatic rings. The molecule has 0 radical (unpaired) electrons. The summed E-state index contributed by atoms with van der Waals surface area (Å²) in [5, 5.41) is 2.26. The maximum atomic E-state index is 12.2. The van der Waals surface area contributed by atoms with Crippen molar-refractivity contribution in [3.63, 3.8) is 0 Å². The summed E-state index contributed by atoms with van der Waals surface area (Å²) in [5.74, 6) is 0. The van der Waals surface area contributed by atoms with Gasteiger partial charge in [0.1, 0.15) is 4.75 Å². The number of aromatic nitrogens is 1. The van der Waals surface area contributed by atoms with Gasteiger partial charge in [-0.1, -0.05) is 18.2 Å². The van der Waals surface area contributed by atoms with Gasteiger partial charge in [-0.25, -0.2) is 0 Å². The van der Waals surface area contributed by atoms with Crippen molar-refractivity contribution in [2.24, 2.45) is 0 Å². The Hall–Kier alpha value is -1.10. The molecule has 2 aromatic rings. The maximum absolute atomic E-state index is 12.2. The number of fused-ring (bicyclic) bond motifs is 1. The van der Waals surface area contributed by atoms with Crippen LogP contribution in [0, 0.1) is 0 Å². The Labute approximate surface area is 117 Å². The minimum Gasteiger partial charge on any atom is -0.598 e. The lowest BCUT2D eigenvalue weighted by Crippen LogP contribution is -2.40. The zero-order chi connectivity index (χ0) is 14.0. The molecule has 0 amide bonds. The highest BCUT2D eigenvalue weighted by molar-refractivity contribution is 7.90. The number of nitrogens with one attached hydrogen (secondary N) is 1. The van der Waals surface area contributed by atoms with E-state index in [1.807, 2.05) is 52.1 Å². The average molecular weight is 276 g/mol. The van der Waals surface area contributed by atoms with Crippen LogP contribution in [0.15, 0.2) is 36.7 Å². The molecule has 0 bridgehead atoms. The number of rotatable bonds is 3. The molecular formula is C15H20N2OS. The van der Waals surface area contributed by atoms with Crippen molar-refractivity contribution < 1.29 is 4.55 Å². The van der Waals surface area contributed by atoms with Crippen LogP contribution in [0.2, 0.25) is 0 Å². The first-order valence-corrected chi connectivity index (χ1v) is 7.55. The van der Waals surface area contributed by atoms with Crippen molar-refractivity contribution in [2.45, 2.75) is 38.5 Å². The van der Waals surface area contributed by atoms with Crippen LogP contribution in [0.3, 0.4) is 0 Å². The molecule has 2 atom stereocenters. The number of hydrogen-bond acceptors (Lipinski definition) is 3. The van der Waals surface area contributed by atoms with E-state index in [9.17, 15) is 4.55 Å². The molecule has 2 rings (SSSR count). The Balaban J connectivity index is 2.29. The van der Waals surface area contributed by atoms with E-state index in [1.165, 1.54) is 0 Å². The second kappa shape index (κ2) is 5.49. The summed E-state index contributed by atoms with van der Waals surface area (Å²) < 4.78 is 15.1. The molecule has 19 heavy (non-hydrogen) atoms. The summed E-state index contributed by atoms with van der Waals surface area (Å²) in [6.45, 7) is 7.94. The summed E-state index contributed by atoms with van der Waals surface area (Å²) in [7, 11) is 0. The SMILES string of the molecule is CC(N[S+]([O-])C(C)(C)C)c1cccc2cnccc12. The highest BCUT2D eigenvalue weighted by Crippen LogP contribution is 2.25. The Morgan fingerprint density at radius 1 is 1.26 bits per heavy atom. The Morgan fingerprint density at radius 2 is 2.00 bits per heavy atom. The van der Waals surface area contributed by atoms with Gasteiger partial charge >= 0.3 is 0 Å². The van der Waals surface area contributed by atoms with Gasteiger partial charge in [0.15, 0.2) is 0 Å². The van der Waals surface area contributed by atoms with E-state index in [0.29, 0.717) is 0 Å². The Bertz CT molecular complexity index is 560. The van der Waals surface area contributed by atoms with Crippen molar-refractivity contribution >= 4 is 22.1 Å². The fourth-order valence-electron chi connectivity index (χ4n) is 1.93. The molecule has 0 spiro atoms. The number of hydrogen-bond donors (Lipinski definition) is 1. The molecule has 4 heteroatoms. The molecule has 0 aliphatic carbocycles. The molecule has 1 aromatic heterocycles. The number of nitrogens with zero attached hydrogens (tertiary/aromatic N) is 1. The van der Waals surface area contributed by atoms with Gasteiger partial charge < -0.3 is 4.55 Å². The van der Waals surface area contributed by atoms with Crippen LogP contribution in [0.25, 0.3) is 10.8 Å². The first-order valence-electron chi connectivity index (χ1n) is 6.40. The summed E-state index contributed by atoms with van der Waals surface area (Å²) >= 11 is -1.08. The zero-order valence-corrected chi connectivity index (χ0v) is 12.6. The van der Waals surface area contributed by atoms with E-state index in [4.69, 9.17) is 0 Å². The van der Waals surface area contributed by atoms with Crippen LogP contribution in [0.1, 0.15) is 39.3 Å². The van der Waals surface area contributed by atoms with Crippen LogP contribution in [0.5, 0.6) is 0 Å². The van der Waals surface area contributed by atoms with Crippen LogP contribution < -0.4 is 4.72 Å². The predicted molar refractivity (Wildman–Crippen MR) is 81.2 cm³/mol. The average Bonchev–Trinajstić information content (AvgIpc) is 2.36. The summed E-state index contributed by atoms with van der Waals surface area (Å²) in [4.78, 5) is 4.13. The standard InChI is InChI=1S/C15H20N2OS/c1-11(17-19(18)15(2,3)4)13-7-5-6-12-10-16-9-8-14(12)13/h5-11,17H,1-4H3. The number of benzene rings is 1. The maximum Gasteiger partial charge on any atom is 0.136 e. The first kappa shape index (κ1) is 14.3. The van der Waals surface area contributed by atoms with Crippen LogP contribution in [-0.2, 0) is 11.4 Å². The van der Waals surface area contributed by atoms with E-state index in [2.05, 4.69) is 15.8 Å². The topological polar surface area (TPSA) is 48.0 Å². The molecule has 0 saturated heterocycles. The Morgan fingerprint density at radius 3 is 2.68 bits per heavy atom. The van der Waals surface area contributed by atoms with E-state index < -0.39 is 11.4 Å². The third-order valence-corrected chi connectivity index (χ3v) is 4.70. The molecule has 0 aliphatic heterocycles. The molecule has 3 nitrogen and oxygen atoms in total. The van der Waals surface area contributed by atoms with Crippen molar-refractivity contribution in [2.75, 3.05) is 0 Å². The van der Waals surface area contributed by atoms with Gasteiger partial charge in [-0.05, 0) is 44.7 Å². The highest BCUT2D eigenvalue weighted by Gasteiger charge is 2.28. The molecule has 1 aromatic carbocycles. The van der Waals surface area contributed by atoms with Crippen LogP contribution in [0.4, 0.5) is 0 Å². The van der Waals surface area contributed by atoms with Gasteiger partial charge in [-0.2, -0.15) is 0 Å². The number of pyridine rings is 1. The zero-order valence-electron chi connectivity index (χ0n) is 11.8. The van der Waals surface area contributed by atoms with Crippen molar-refractivity contribution in [3.05, 3.63) is 42.2 Å². The molecule has 1 heterocycles. The third-order valence-electron chi connectivity index (χ3n) is 3.02. The van der Waals surface area contributed by atoms with Crippen LogP contribution >= 0.6 is 0 Å². The van der Waals surface area contributed by atoms with Crippen molar-refractivity contribution in [3.8, 4) is 0 Å². The molecule has 2 unspecified atom stereocenters. The Kier molecular flexibility index (Phi) is 4.13. The van der Waals surface area contributed by atoms with Gasteiger partial charge in [0.05, 0.1) is 6.04 Å². The largest absolute Gasteiger partial charge is 0.598 e. The lowest BCUT2D eigenvalue weighted by atomic mass is 10.0. The molecular weight excluding hydrogens is 256 g/mol. The second-order valence-electron chi connectivity index (χ2n) is 5.66. The van der Waals surface area contributed by atoms with Gasteiger partial charge in [0.25, 0.3) is 0 Å². The summed E-state index contributed by atoms with van der Waals surface area (Å²) in [6, 6.07) is 8.16. The minimum atomic E-state index is -1.08. The molecule has 0 saturated carbocycles. The van der Waals surface area contributed by atoms with Crippen molar-refractivity contribution in [1.29, 1.82) is 0 Å². The smallest absolute Gasteiger partial charge is 0.136 e. The quantitative estimate of drug-likeness (QED) is 0.875. The van der Waals surface area contributed by atoms with E-state index in [0.717, 1.165) is 16.3 Å². The van der Waals surface area contributed by atoms with Gasteiger partial charge in [0, 0.05) is 29.1 Å². The summed E-state index contributed by atoms with van der Waals surface area (Å²) in [6.07, 6.45) is 3.64. The minimum absolute atomic E-state index is 0.0335. The third kappa shape index (κ3) is 3.26. The monoisotopic (exact) mass is 276 g/mol. The van der Waals surface area contributed by atoms with Gasteiger partial charge in [-0.15, -0.1) is 4.72 Å². The second-order valence-corrected chi connectivity index (χ2v) is 7.66. The lowest BCUT2D eigenvalue weighted by Gasteiger charge is -2.27. The fourth-order valence-corrected chi connectivity index (χ4v) is 2.73. The fraction of sp³-hybridized carbons (Fsp3) is 0.400. The first-order chi connectivity index (χ1) is 8.89. The van der Waals surface area contributed by atoms with Gasteiger partial charge in [0.2, 0.25) is 0 Å².